The Bertz CT molecular complexity index is 1030. The third-order valence-electron chi connectivity index (χ3n) is 4.08. The van der Waals surface area contributed by atoms with E-state index in [9.17, 15) is 9.59 Å². The number of hydrogen-bond acceptors (Lipinski definition) is 6. The maximum atomic E-state index is 12.7. The third kappa shape index (κ3) is 4.99. The zero-order chi connectivity index (χ0) is 21.0. The van der Waals surface area contributed by atoms with Crippen molar-refractivity contribution in [2.75, 3.05) is 12.4 Å². The molecule has 0 aliphatic heterocycles. The van der Waals surface area contributed by atoms with Crippen molar-refractivity contribution >= 4 is 44.2 Å². The van der Waals surface area contributed by atoms with Crippen molar-refractivity contribution in [3.63, 3.8) is 0 Å². The minimum Gasteiger partial charge on any atom is -0.496 e. The van der Waals surface area contributed by atoms with Crippen molar-refractivity contribution in [1.29, 1.82) is 0 Å². The lowest BCUT2D eigenvalue weighted by Crippen LogP contribution is -2.52. The average molecular weight is 475 g/mol. The fourth-order valence-electron chi connectivity index (χ4n) is 2.48. The van der Waals surface area contributed by atoms with Gasteiger partial charge in [-0.1, -0.05) is 51.5 Å². The van der Waals surface area contributed by atoms with Crippen LogP contribution in [0.5, 0.6) is 5.75 Å². The van der Waals surface area contributed by atoms with E-state index in [0.717, 1.165) is 10.0 Å². The van der Waals surface area contributed by atoms with Gasteiger partial charge in [0, 0.05) is 10.0 Å². The number of para-hydroxylation sites is 1. The summed E-state index contributed by atoms with van der Waals surface area (Å²) in [7, 11) is 1.49. The van der Waals surface area contributed by atoms with E-state index in [2.05, 4.69) is 36.8 Å². The highest BCUT2D eigenvalue weighted by Gasteiger charge is 2.31. The highest BCUT2D eigenvalue weighted by Crippen LogP contribution is 2.28. The summed E-state index contributed by atoms with van der Waals surface area (Å²) < 4.78 is 6.17. The molecule has 0 fully saturated rings. The number of aromatic nitrogens is 2. The molecule has 3 aromatic rings. The van der Waals surface area contributed by atoms with Crippen LogP contribution in [0.25, 0.3) is 10.6 Å². The van der Waals surface area contributed by atoms with Gasteiger partial charge in [0.05, 0.1) is 12.7 Å². The van der Waals surface area contributed by atoms with E-state index in [4.69, 9.17) is 4.74 Å². The predicted molar refractivity (Wildman–Crippen MR) is 116 cm³/mol. The van der Waals surface area contributed by atoms with Crippen molar-refractivity contribution in [2.45, 2.75) is 19.4 Å². The molecule has 0 spiro atoms. The van der Waals surface area contributed by atoms with Gasteiger partial charge in [-0.15, -0.1) is 10.2 Å². The van der Waals surface area contributed by atoms with Crippen LogP contribution in [0, 0.1) is 0 Å². The second kappa shape index (κ2) is 8.71. The monoisotopic (exact) mass is 474 g/mol. The molecule has 0 aliphatic carbocycles. The summed E-state index contributed by atoms with van der Waals surface area (Å²) >= 11 is 4.65. The number of methoxy groups -OCH3 is 1. The molecule has 2 amide bonds. The van der Waals surface area contributed by atoms with E-state index >= 15 is 0 Å². The zero-order valence-electron chi connectivity index (χ0n) is 16.0. The summed E-state index contributed by atoms with van der Waals surface area (Å²) in [5.74, 6) is -0.376. The molecule has 29 heavy (non-hydrogen) atoms. The summed E-state index contributed by atoms with van der Waals surface area (Å²) in [6.07, 6.45) is 0. The molecule has 0 radical (unpaired) electrons. The minimum atomic E-state index is -1.18. The van der Waals surface area contributed by atoms with Gasteiger partial charge in [0.15, 0.2) is 0 Å². The maximum absolute atomic E-state index is 12.7. The number of nitrogens with zero attached hydrogens (tertiary/aromatic N) is 2. The fourth-order valence-corrected chi connectivity index (χ4v) is 3.48. The summed E-state index contributed by atoms with van der Waals surface area (Å²) in [5, 5.41) is 14.6. The number of carbonyl (C=O) groups excluding carboxylic acids is 2. The van der Waals surface area contributed by atoms with Gasteiger partial charge < -0.3 is 10.1 Å². The number of anilines is 1. The molecule has 150 valence electrons. The number of carbonyl (C=O) groups is 2. The Morgan fingerprint density at radius 3 is 2.45 bits per heavy atom. The molecule has 7 nitrogen and oxygen atoms in total. The van der Waals surface area contributed by atoms with Gasteiger partial charge in [0.1, 0.15) is 16.3 Å². The van der Waals surface area contributed by atoms with Crippen LogP contribution < -0.4 is 15.4 Å². The van der Waals surface area contributed by atoms with Gasteiger partial charge in [0.2, 0.25) is 5.13 Å². The van der Waals surface area contributed by atoms with Crippen molar-refractivity contribution < 1.29 is 14.3 Å². The molecule has 0 unspecified atom stereocenters. The summed E-state index contributed by atoms with van der Waals surface area (Å²) in [4.78, 5) is 25.3. The number of ether oxygens (including phenoxy) is 1. The van der Waals surface area contributed by atoms with E-state index in [1.165, 1.54) is 18.4 Å². The van der Waals surface area contributed by atoms with Crippen LogP contribution in [-0.2, 0) is 4.79 Å². The number of rotatable bonds is 6. The third-order valence-corrected chi connectivity index (χ3v) is 5.50. The first-order chi connectivity index (χ1) is 13.8. The first kappa shape index (κ1) is 20.9. The Morgan fingerprint density at radius 1 is 1.07 bits per heavy atom. The smallest absolute Gasteiger partial charge is 0.255 e. The van der Waals surface area contributed by atoms with Gasteiger partial charge in [-0.05, 0) is 38.1 Å². The lowest BCUT2D eigenvalue weighted by Gasteiger charge is -2.24. The number of amides is 2. The van der Waals surface area contributed by atoms with Crippen LogP contribution in [-0.4, -0.2) is 34.7 Å². The van der Waals surface area contributed by atoms with E-state index in [1.807, 2.05) is 24.3 Å². The quantitative estimate of drug-likeness (QED) is 0.560. The normalized spacial score (nSPS) is 11.0. The van der Waals surface area contributed by atoms with Crippen molar-refractivity contribution in [3.8, 4) is 16.3 Å². The topological polar surface area (TPSA) is 93.2 Å². The van der Waals surface area contributed by atoms with Crippen LogP contribution in [0.15, 0.2) is 53.0 Å². The molecular weight excluding hydrogens is 456 g/mol. The van der Waals surface area contributed by atoms with Crippen molar-refractivity contribution in [1.82, 2.24) is 15.5 Å². The second-order valence-corrected chi connectivity index (χ2v) is 8.55. The number of nitrogens with one attached hydrogen (secondary N) is 2. The molecule has 0 bridgehead atoms. The van der Waals surface area contributed by atoms with Crippen LogP contribution in [0.1, 0.15) is 24.2 Å². The molecule has 0 atom stereocenters. The molecule has 9 heteroatoms. The Labute approximate surface area is 180 Å². The Morgan fingerprint density at radius 2 is 1.76 bits per heavy atom. The van der Waals surface area contributed by atoms with Crippen LogP contribution in [0.2, 0.25) is 0 Å². The highest BCUT2D eigenvalue weighted by molar-refractivity contribution is 9.10. The van der Waals surface area contributed by atoms with Gasteiger partial charge in [0.25, 0.3) is 11.8 Å². The lowest BCUT2D eigenvalue weighted by atomic mass is 10.0. The second-order valence-electron chi connectivity index (χ2n) is 6.65. The Balaban J connectivity index is 1.69. The van der Waals surface area contributed by atoms with E-state index in [-0.39, 0.29) is 0 Å². The van der Waals surface area contributed by atoms with Gasteiger partial charge in [-0.2, -0.15) is 0 Å². The molecule has 0 aliphatic rings. The van der Waals surface area contributed by atoms with E-state index < -0.39 is 17.4 Å². The largest absolute Gasteiger partial charge is 0.496 e. The highest BCUT2D eigenvalue weighted by atomic mass is 79.9. The first-order valence-electron chi connectivity index (χ1n) is 8.66. The zero-order valence-corrected chi connectivity index (χ0v) is 18.4. The predicted octanol–water partition coefficient (Wildman–Crippen LogP) is 4.12. The van der Waals surface area contributed by atoms with Crippen LogP contribution >= 0.6 is 27.3 Å². The standard InChI is InChI=1S/C20H19BrN4O3S/c1-20(2,23-16(26)14-6-4-5-7-15(14)28-3)18(27)22-19-25-24-17(29-19)12-8-10-13(21)11-9-12/h4-11H,1-3H3,(H,23,26)(H,22,25,27). The van der Waals surface area contributed by atoms with E-state index in [1.54, 1.807) is 38.1 Å². The summed E-state index contributed by atoms with van der Waals surface area (Å²) in [6.45, 7) is 3.23. The Kier molecular flexibility index (Phi) is 6.29. The number of hydrogen-bond donors (Lipinski definition) is 2. The van der Waals surface area contributed by atoms with Crippen LogP contribution in [0.4, 0.5) is 5.13 Å². The minimum absolute atomic E-state index is 0.351. The molecular formula is C20H19BrN4O3S. The molecule has 0 saturated heterocycles. The molecule has 1 aromatic heterocycles. The number of halogens is 1. The van der Waals surface area contributed by atoms with Gasteiger partial charge >= 0.3 is 0 Å². The van der Waals surface area contributed by atoms with E-state index in [0.29, 0.717) is 21.5 Å². The van der Waals surface area contributed by atoms with Crippen LogP contribution in [0.3, 0.4) is 0 Å². The van der Waals surface area contributed by atoms with Gasteiger partial charge in [-0.3, -0.25) is 14.9 Å². The molecule has 3 rings (SSSR count). The average Bonchev–Trinajstić information content (AvgIpc) is 3.16. The van der Waals surface area contributed by atoms with Gasteiger partial charge in [-0.25, -0.2) is 0 Å². The molecule has 1 heterocycles. The fraction of sp³-hybridized carbons (Fsp3) is 0.200. The summed E-state index contributed by atoms with van der Waals surface area (Å²) in [6, 6.07) is 14.5. The molecule has 2 aromatic carbocycles. The van der Waals surface area contributed by atoms with Crippen molar-refractivity contribution in [3.05, 3.63) is 58.6 Å². The Hall–Kier alpha value is -2.78. The molecule has 0 saturated carbocycles. The SMILES string of the molecule is COc1ccccc1C(=O)NC(C)(C)C(=O)Nc1nnc(-c2ccc(Br)cc2)s1. The van der Waals surface area contributed by atoms with Crippen molar-refractivity contribution in [2.24, 2.45) is 0 Å². The summed E-state index contributed by atoms with van der Waals surface area (Å²) in [5.41, 5.74) is 0.0701. The lowest BCUT2D eigenvalue weighted by molar-refractivity contribution is -0.120. The first-order valence-corrected chi connectivity index (χ1v) is 10.3. The molecule has 2 N–H and O–H groups in total. The maximum Gasteiger partial charge on any atom is 0.255 e. The number of benzene rings is 2.